The summed E-state index contributed by atoms with van der Waals surface area (Å²) in [7, 11) is 1.51. The molecule has 0 aromatic carbocycles. The van der Waals surface area contributed by atoms with Gasteiger partial charge in [0.2, 0.25) is 5.88 Å². The molecule has 0 spiro atoms. The molecule has 3 aromatic heterocycles. The second-order valence-corrected chi connectivity index (χ2v) is 7.53. The number of anilines is 1. The van der Waals surface area contributed by atoms with E-state index in [0.717, 1.165) is 0 Å². The van der Waals surface area contributed by atoms with Crippen LogP contribution in [-0.2, 0) is 17.8 Å². The zero-order valence-electron chi connectivity index (χ0n) is 18.1. The van der Waals surface area contributed by atoms with Crippen molar-refractivity contribution in [2.75, 3.05) is 38.7 Å². The number of hydrogen-bond donors (Lipinski definition) is 4. The summed E-state index contributed by atoms with van der Waals surface area (Å²) in [4.78, 5) is 24.1. The van der Waals surface area contributed by atoms with E-state index in [2.05, 4.69) is 30.9 Å². The first kappa shape index (κ1) is 22.8. The molecule has 1 aliphatic rings. The summed E-state index contributed by atoms with van der Waals surface area (Å²) in [6.45, 7) is 1.52. The van der Waals surface area contributed by atoms with Gasteiger partial charge in [0.1, 0.15) is 5.82 Å². The maximum atomic E-state index is 14.3. The van der Waals surface area contributed by atoms with Gasteiger partial charge >= 0.3 is 0 Å². The third-order valence-electron chi connectivity index (χ3n) is 5.10. The number of aliphatic hydroxyl groups is 1. The Morgan fingerprint density at radius 1 is 1.24 bits per heavy atom. The number of amides is 1. The number of nitrogens with one attached hydrogen (secondary N) is 3. The molecule has 4 N–H and O–H groups in total. The van der Waals surface area contributed by atoms with Gasteiger partial charge in [0.05, 0.1) is 36.1 Å². The van der Waals surface area contributed by atoms with Crippen molar-refractivity contribution in [2.24, 2.45) is 0 Å². The average Bonchev–Trinajstić information content (AvgIpc) is 2.82. The molecule has 1 aliphatic heterocycles. The summed E-state index contributed by atoms with van der Waals surface area (Å²) in [5.41, 5.74) is 2.23. The molecule has 0 radical (unpaired) electrons. The molecule has 33 heavy (non-hydrogen) atoms. The van der Waals surface area contributed by atoms with Gasteiger partial charge in [-0.2, -0.15) is 0 Å². The fourth-order valence-electron chi connectivity index (χ4n) is 3.45. The molecular weight excluding hydrogens is 431 g/mol. The van der Waals surface area contributed by atoms with Crippen LogP contribution in [0.5, 0.6) is 11.6 Å². The summed E-state index contributed by atoms with van der Waals surface area (Å²) < 4.78 is 24.7. The van der Waals surface area contributed by atoms with Crippen LogP contribution in [0.1, 0.15) is 11.3 Å². The van der Waals surface area contributed by atoms with E-state index in [4.69, 9.17) is 9.47 Å². The molecule has 0 fully saturated rings. The Morgan fingerprint density at radius 2 is 2.09 bits per heavy atom. The lowest BCUT2D eigenvalue weighted by atomic mass is 10.1. The molecule has 3 aromatic rings. The minimum absolute atomic E-state index is 0.0137. The highest BCUT2D eigenvalue weighted by atomic mass is 19.1. The number of fused-ring (bicyclic) bond motifs is 2. The Hall–Kier alpha value is -3.41. The van der Waals surface area contributed by atoms with Crippen LogP contribution in [0.2, 0.25) is 0 Å². The standard InChI is InChI=1S/C22H25FN6O4/c1-32-20-5-3-17-21(29-20)15(16(23)11-26-17)6-7-24-9-14(30)10-25-8-13-2-4-18-22(27-13)28-19(31)12-33-18/h2-5,11,14,24-25,30H,6-10,12H2,1H3,(H,27,28,31). The fraction of sp³-hybridized carbons (Fsp3) is 0.364. The second kappa shape index (κ2) is 10.5. The fourth-order valence-corrected chi connectivity index (χ4v) is 3.45. The minimum atomic E-state index is -0.650. The SMILES string of the molecule is COc1ccc2ncc(F)c(CCNCC(O)CNCc3ccc4c(n3)NC(=O)CO4)c2n1. The van der Waals surface area contributed by atoms with Crippen LogP contribution in [0, 0.1) is 5.82 Å². The van der Waals surface area contributed by atoms with E-state index in [1.165, 1.54) is 13.3 Å². The van der Waals surface area contributed by atoms with Crippen LogP contribution >= 0.6 is 0 Å². The number of carbonyl (C=O) groups excluding carboxylic acids is 1. The normalized spacial score (nSPS) is 13.8. The van der Waals surface area contributed by atoms with E-state index in [1.54, 1.807) is 24.3 Å². The van der Waals surface area contributed by atoms with Gasteiger partial charge in [-0.3, -0.25) is 9.78 Å². The number of aliphatic hydroxyl groups excluding tert-OH is 1. The summed E-state index contributed by atoms with van der Waals surface area (Å²) in [5.74, 6) is 0.668. The molecule has 10 nitrogen and oxygen atoms in total. The van der Waals surface area contributed by atoms with Crippen molar-refractivity contribution in [3.05, 3.63) is 47.5 Å². The summed E-state index contributed by atoms with van der Waals surface area (Å²) in [5, 5.41) is 19.1. The van der Waals surface area contributed by atoms with Crippen molar-refractivity contribution in [1.82, 2.24) is 25.6 Å². The Kier molecular flexibility index (Phi) is 7.23. The van der Waals surface area contributed by atoms with Crippen LogP contribution in [0.15, 0.2) is 30.5 Å². The Balaban J connectivity index is 1.22. The number of halogens is 1. The molecule has 4 rings (SSSR count). The first-order valence-corrected chi connectivity index (χ1v) is 10.5. The smallest absolute Gasteiger partial charge is 0.263 e. The van der Waals surface area contributed by atoms with Crippen LogP contribution < -0.4 is 25.4 Å². The van der Waals surface area contributed by atoms with E-state index < -0.39 is 11.9 Å². The molecule has 1 amide bonds. The monoisotopic (exact) mass is 456 g/mol. The Bertz CT molecular complexity index is 1150. The van der Waals surface area contributed by atoms with Crippen molar-refractivity contribution in [2.45, 2.75) is 19.1 Å². The van der Waals surface area contributed by atoms with Crippen molar-refractivity contribution in [1.29, 1.82) is 0 Å². The predicted octanol–water partition coefficient (Wildman–Crippen LogP) is 0.786. The van der Waals surface area contributed by atoms with Gasteiger partial charge < -0.3 is 30.5 Å². The lowest BCUT2D eigenvalue weighted by Gasteiger charge is -2.18. The third-order valence-corrected chi connectivity index (χ3v) is 5.10. The van der Waals surface area contributed by atoms with Crippen molar-refractivity contribution in [3.63, 3.8) is 0 Å². The van der Waals surface area contributed by atoms with E-state index >= 15 is 0 Å². The van der Waals surface area contributed by atoms with Crippen LogP contribution in [0.3, 0.4) is 0 Å². The topological polar surface area (TPSA) is 131 Å². The molecule has 1 atom stereocenters. The van der Waals surface area contributed by atoms with Gasteiger partial charge in [0, 0.05) is 31.3 Å². The van der Waals surface area contributed by atoms with Crippen molar-refractivity contribution in [3.8, 4) is 11.6 Å². The number of carbonyl (C=O) groups is 1. The highest BCUT2D eigenvalue weighted by Gasteiger charge is 2.17. The Morgan fingerprint density at radius 3 is 2.94 bits per heavy atom. The predicted molar refractivity (Wildman–Crippen MR) is 119 cm³/mol. The zero-order chi connectivity index (χ0) is 23.2. The molecule has 0 saturated heterocycles. The van der Waals surface area contributed by atoms with E-state index in [1.807, 2.05) is 0 Å². The molecular formula is C22H25FN6O4. The largest absolute Gasteiger partial charge is 0.481 e. The second-order valence-electron chi connectivity index (χ2n) is 7.53. The first-order chi connectivity index (χ1) is 16.0. The van der Waals surface area contributed by atoms with Crippen molar-refractivity contribution >= 4 is 22.8 Å². The minimum Gasteiger partial charge on any atom is -0.481 e. The number of rotatable bonds is 10. The number of pyridine rings is 3. The lowest BCUT2D eigenvalue weighted by molar-refractivity contribution is -0.118. The van der Waals surface area contributed by atoms with Gasteiger partial charge in [-0.1, -0.05) is 0 Å². The van der Waals surface area contributed by atoms with Crippen molar-refractivity contribution < 1.29 is 23.8 Å². The maximum absolute atomic E-state index is 14.3. The van der Waals surface area contributed by atoms with E-state index in [9.17, 15) is 14.3 Å². The van der Waals surface area contributed by atoms with Crippen LogP contribution in [0.4, 0.5) is 10.2 Å². The molecule has 174 valence electrons. The van der Waals surface area contributed by atoms with E-state index in [0.29, 0.717) is 72.3 Å². The van der Waals surface area contributed by atoms with Gasteiger partial charge in [-0.15, -0.1) is 0 Å². The highest BCUT2D eigenvalue weighted by Crippen LogP contribution is 2.25. The van der Waals surface area contributed by atoms with Gasteiger partial charge in [-0.25, -0.2) is 14.4 Å². The maximum Gasteiger partial charge on any atom is 0.263 e. The quantitative estimate of drug-likeness (QED) is 0.327. The summed E-state index contributed by atoms with van der Waals surface area (Å²) in [6, 6.07) is 6.97. The number of ether oxygens (including phenoxy) is 2. The number of nitrogens with zero attached hydrogens (tertiary/aromatic N) is 3. The Labute approximate surface area is 189 Å². The molecule has 4 heterocycles. The highest BCUT2D eigenvalue weighted by molar-refractivity contribution is 5.94. The molecule has 0 aliphatic carbocycles. The van der Waals surface area contributed by atoms with Crippen LogP contribution in [-0.4, -0.2) is 65.4 Å². The van der Waals surface area contributed by atoms with E-state index in [-0.39, 0.29) is 12.5 Å². The van der Waals surface area contributed by atoms with Gasteiger partial charge in [0.15, 0.2) is 18.2 Å². The molecule has 1 unspecified atom stereocenters. The van der Waals surface area contributed by atoms with Gasteiger partial charge in [-0.05, 0) is 31.2 Å². The summed E-state index contributed by atoms with van der Waals surface area (Å²) >= 11 is 0. The van der Waals surface area contributed by atoms with Crippen LogP contribution in [0.25, 0.3) is 11.0 Å². The third kappa shape index (κ3) is 5.69. The summed E-state index contributed by atoms with van der Waals surface area (Å²) in [6.07, 6.45) is 0.928. The average molecular weight is 456 g/mol. The number of methoxy groups -OCH3 is 1. The zero-order valence-corrected chi connectivity index (χ0v) is 18.1. The first-order valence-electron chi connectivity index (χ1n) is 10.5. The molecule has 0 saturated carbocycles. The molecule has 0 bridgehead atoms. The lowest BCUT2D eigenvalue weighted by Crippen LogP contribution is -2.36. The number of hydrogen-bond acceptors (Lipinski definition) is 9. The van der Waals surface area contributed by atoms with Gasteiger partial charge in [0.25, 0.3) is 5.91 Å². The molecule has 11 heteroatoms. The number of aromatic nitrogens is 3.